The summed E-state index contributed by atoms with van der Waals surface area (Å²) in [5.41, 5.74) is 2.16. The van der Waals surface area contributed by atoms with Crippen molar-refractivity contribution < 1.29 is 22.7 Å². The molecule has 0 radical (unpaired) electrons. The zero-order valence-corrected chi connectivity index (χ0v) is 16.6. The first-order chi connectivity index (χ1) is 12.7. The number of nitrogens with one attached hydrogen (secondary N) is 1. The number of benzene rings is 2. The Kier molecular flexibility index (Phi) is 6.98. The second-order valence-corrected chi connectivity index (χ2v) is 8.44. The molecule has 0 aliphatic heterocycles. The van der Waals surface area contributed by atoms with Gasteiger partial charge in [-0.3, -0.25) is 4.79 Å². The molecular weight excluding hydrogens is 390 g/mol. The first-order valence-corrected chi connectivity index (χ1v) is 10.4. The summed E-state index contributed by atoms with van der Waals surface area (Å²) in [5, 5.41) is 2.72. The Morgan fingerprint density at radius 3 is 2.52 bits per heavy atom. The van der Waals surface area contributed by atoms with E-state index < -0.39 is 28.3 Å². The minimum Gasteiger partial charge on any atom is -0.452 e. The van der Waals surface area contributed by atoms with Gasteiger partial charge >= 0.3 is 5.97 Å². The van der Waals surface area contributed by atoms with Crippen molar-refractivity contribution in [1.29, 1.82) is 0 Å². The number of carbonyl (C=O) groups is 2. The number of halogens is 1. The molecule has 2 aromatic carbocycles. The van der Waals surface area contributed by atoms with Gasteiger partial charge in [-0.05, 0) is 42.7 Å². The number of aryl methyl sites for hydroxylation is 1. The van der Waals surface area contributed by atoms with Gasteiger partial charge in [0.15, 0.2) is 16.4 Å². The number of hydrogen-bond acceptors (Lipinski definition) is 5. The number of carbonyl (C=O) groups excluding carboxylic acids is 2. The molecule has 27 heavy (non-hydrogen) atoms. The average molecular weight is 410 g/mol. The molecular formula is C19H20ClNO5S. The van der Waals surface area contributed by atoms with E-state index in [0.29, 0.717) is 13.0 Å². The molecule has 0 atom stereocenters. The summed E-state index contributed by atoms with van der Waals surface area (Å²) in [6.07, 6.45) is 1.68. The van der Waals surface area contributed by atoms with Crippen molar-refractivity contribution in [3.63, 3.8) is 0 Å². The van der Waals surface area contributed by atoms with E-state index in [9.17, 15) is 18.0 Å². The van der Waals surface area contributed by atoms with Crippen molar-refractivity contribution in [1.82, 2.24) is 5.32 Å². The van der Waals surface area contributed by atoms with Gasteiger partial charge in [0, 0.05) is 12.8 Å². The van der Waals surface area contributed by atoms with Crippen molar-refractivity contribution in [2.75, 3.05) is 19.4 Å². The molecule has 0 fully saturated rings. The van der Waals surface area contributed by atoms with Gasteiger partial charge in [0.2, 0.25) is 0 Å². The summed E-state index contributed by atoms with van der Waals surface area (Å²) < 4.78 is 28.1. The third kappa shape index (κ3) is 6.08. The van der Waals surface area contributed by atoms with Crippen LogP contribution >= 0.6 is 11.6 Å². The van der Waals surface area contributed by atoms with E-state index in [1.165, 1.54) is 12.1 Å². The Morgan fingerprint density at radius 1 is 1.15 bits per heavy atom. The Balaban J connectivity index is 1.88. The van der Waals surface area contributed by atoms with Gasteiger partial charge in [-0.25, -0.2) is 13.2 Å². The molecule has 1 amide bonds. The molecule has 0 aromatic heterocycles. The minimum atomic E-state index is -3.49. The highest BCUT2D eigenvalue weighted by molar-refractivity contribution is 7.90. The van der Waals surface area contributed by atoms with Gasteiger partial charge in [-0.2, -0.15) is 0 Å². The highest BCUT2D eigenvalue weighted by Crippen LogP contribution is 2.21. The van der Waals surface area contributed by atoms with Crippen molar-refractivity contribution >= 4 is 33.3 Å². The molecule has 2 aromatic rings. The van der Waals surface area contributed by atoms with Crippen LogP contribution < -0.4 is 5.32 Å². The molecule has 6 nitrogen and oxygen atoms in total. The monoisotopic (exact) mass is 409 g/mol. The van der Waals surface area contributed by atoms with Crippen LogP contribution in [0.4, 0.5) is 0 Å². The molecule has 0 saturated carbocycles. The second-order valence-electron chi connectivity index (χ2n) is 6.02. The summed E-state index contributed by atoms with van der Waals surface area (Å²) in [5.74, 6) is -1.31. The fourth-order valence-corrected chi connectivity index (χ4v) is 3.22. The maximum absolute atomic E-state index is 12.1. The van der Waals surface area contributed by atoms with Crippen molar-refractivity contribution in [2.24, 2.45) is 0 Å². The van der Waals surface area contributed by atoms with Gasteiger partial charge in [-0.1, -0.05) is 35.9 Å². The molecule has 8 heteroatoms. The van der Waals surface area contributed by atoms with Crippen LogP contribution in [0.1, 0.15) is 21.5 Å². The third-order valence-corrected chi connectivity index (χ3v) is 5.34. The van der Waals surface area contributed by atoms with Gasteiger partial charge in [-0.15, -0.1) is 0 Å². The topological polar surface area (TPSA) is 89.5 Å². The first-order valence-electron chi connectivity index (χ1n) is 8.16. The number of hydrogen-bond donors (Lipinski definition) is 1. The zero-order valence-electron chi connectivity index (χ0n) is 15.0. The van der Waals surface area contributed by atoms with E-state index in [1.54, 1.807) is 0 Å². The number of sulfone groups is 1. The average Bonchev–Trinajstić information content (AvgIpc) is 2.60. The van der Waals surface area contributed by atoms with Gasteiger partial charge < -0.3 is 10.1 Å². The van der Waals surface area contributed by atoms with E-state index in [4.69, 9.17) is 16.3 Å². The van der Waals surface area contributed by atoms with Crippen LogP contribution in [0.25, 0.3) is 0 Å². The predicted octanol–water partition coefficient (Wildman–Crippen LogP) is 2.57. The van der Waals surface area contributed by atoms with Crippen molar-refractivity contribution in [2.45, 2.75) is 18.2 Å². The molecule has 0 saturated heterocycles. The second kappa shape index (κ2) is 9.01. The van der Waals surface area contributed by atoms with Crippen LogP contribution in [0.2, 0.25) is 5.02 Å². The standard InChI is InChI=1S/C19H20ClNO5S/c1-13-5-3-4-6-14(13)9-10-21-18(22)12-26-19(23)16-11-15(27(2,24)25)7-8-17(16)20/h3-8,11H,9-10,12H2,1-2H3,(H,21,22). The van der Waals surface area contributed by atoms with Crippen LogP contribution in [0.15, 0.2) is 47.4 Å². The highest BCUT2D eigenvalue weighted by Gasteiger charge is 2.17. The predicted molar refractivity (Wildman–Crippen MR) is 103 cm³/mol. The number of amides is 1. The van der Waals surface area contributed by atoms with Gasteiger partial charge in [0.1, 0.15) is 0 Å². The lowest BCUT2D eigenvalue weighted by Crippen LogP contribution is -2.30. The largest absolute Gasteiger partial charge is 0.452 e. The lowest BCUT2D eigenvalue weighted by atomic mass is 10.1. The van der Waals surface area contributed by atoms with E-state index >= 15 is 0 Å². The molecule has 0 aliphatic carbocycles. The molecule has 0 spiro atoms. The van der Waals surface area contributed by atoms with Crippen LogP contribution in [0, 0.1) is 6.92 Å². The first kappa shape index (κ1) is 20.9. The molecule has 2 rings (SSSR count). The maximum Gasteiger partial charge on any atom is 0.340 e. The molecule has 0 unspecified atom stereocenters. The van der Waals surface area contributed by atoms with Crippen molar-refractivity contribution in [3.8, 4) is 0 Å². The number of rotatable bonds is 7. The number of ether oxygens (including phenoxy) is 1. The Morgan fingerprint density at radius 2 is 1.85 bits per heavy atom. The summed E-state index contributed by atoms with van der Waals surface area (Å²) >= 11 is 5.93. The lowest BCUT2D eigenvalue weighted by molar-refractivity contribution is -0.124. The Bertz CT molecular complexity index is 956. The SMILES string of the molecule is Cc1ccccc1CCNC(=O)COC(=O)c1cc(S(C)(=O)=O)ccc1Cl. The summed E-state index contributed by atoms with van der Waals surface area (Å²) in [4.78, 5) is 23.9. The summed E-state index contributed by atoms with van der Waals surface area (Å²) in [6.45, 7) is 1.92. The minimum absolute atomic E-state index is 0.0485. The van der Waals surface area contributed by atoms with Crippen LogP contribution in [-0.4, -0.2) is 39.7 Å². The lowest BCUT2D eigenvalue weighted by Gasteiger charge is -2.09. The molecule has 144 valence electrons. The highest BCUT2D eigenvalue weighted by atomic mass is 35.5. The van der Waals surface area contributed by atoms with E-state index in [0.717, 1.165) is 23.4 Å². The summed E-state index contributed by atoms with van der Waals surface area (Å²) in [6, 6.07) is 11.6. The third-order valence-electron chi connectivity index (χ3n) is 3.90. The molecule has 0 heterocycles. The fourth-order valence-electron chi connectivity index (χ4n) is 2.38. The summed E-state index contributed by atoms with van der Waals surface area (Å²) in [7, 11) is -3.49. The molecule has 1 N–H and O–H groups in total. The van der Waals surface area contributed by atoms with Crippen LogP contribution in [-0.2, 0) is 25.8 Å². The Labute approximate surface area is 163 Å². The van der Waals surface area contributed by atoms with E-state index in [1.807, 2.05) is 31.2 Å². The molecule has 0 bridgehead atoms. The molecule has 0 aliphatic rings. The van der Waals surface area contributed by atoms with E-state index in [-0.39, 0.29) is 15.5 Å². The Hall–Kier alpha value is -2.38. The normalized spacial score (nSPS) is 11.1. The van der Waals surface area contributed by atoms with Gasteiger partial charge in [0.25, 0.3) is 5.91 Å². The zero-order chi connectivity index (χ0) is 20.0. The van der Waals surface area contributed by atoms with Crippen LogP contribution in [0.3, 0.4) is 0 Å². The van der Waals surface area contributed by atoms with Crippen LogP contribution in [0.5, 0.6) is 0 Å². The quantitative estimate of drug-likeness (QED) is 0.710. The smallest absolute Gasteiger partial charge is 0.340 e. The fraction of sp³-hybridized carbons (Fsp3) is 0.263. The maximum atomic E-state index is 12.1. The number of esters is 1. The van der Waals surface area contributed by atoms with Gasteiger partial charge in [0.05, 0.1) is 15.5 Å². The van der Waals surface area contributed by atoms with E-state index in [2.05, 4.69) is 5.32 Å². The van der Waals surface area contributed by atoms with Crippen molar-refractivity contribution in [3.05, 3.63) is 64.2 Å².